The highest BCUT2D eigenvalue weighted by Gasteiger charge is 2.13. The van der Waals surface area contributed by atoms with E-state index in [1.807, 2.05) is 42.5 Å². The molecule has 0 spiro atoms. The van der Waals surface area contributed by atoms with Crippen molar-refractivity contribution in [1.29, 1.82) is 0 Å². The van der Waals surface area contributed by atoms with E-state index in [9.17, 15) is 9.18 Å². The number of anilines is 1. The van der Waals surface area contributed by atoms with E-state index in [-0.39, 0.29) is 11.6 Å². The van der Waals surface area contributed by atoms with Gasteiger partial charge >= 0.3 is 0 Å². The number of hydrogen-bond acceptors (Lipinski definition) is 2. The Hall–Kier alpha value is -3.21. The van der Waals surface area contributed by atoms with Crippen LogP contribution < -0.4 is 5.32 Å². The summed E-state index contributed by atoms with van der Waals surface area (Å²) in [5.74, 6) is -0.810. The molecule has 3 aromatic carbocycles. The highest BCUT2D eigenvalue weighted by molar-refractivity contribution is 5.99. The van der Waals surface area contributed by atoms with Crippen LogP contribution in [-0.2, 0) is 4.79 Å². The van der Waals surface area contributed by atoms with Crippen molar-refractivity contribution < 1.29 is 9.18 Å². The number of rotatable bonds is 2. The molecule has 1 amide bonds. The predicted molar refractivity (Wildman–Crippen MR) is 93.3 cm³/mol. The zero-order valence-corrected chi connectivity index (χ0v) is 12.9. The largest absolute Gasteiger partial charge is 0.324 e. The maximum Gasteiger partial charge on any atom is 0.221 e. The summed E-state index contributed by atoms with van der Waals surface area (Å²) in [7, 11) is 0. The number of halogens is 1. The fourth-order valence-electron chi connectivity index (χ4n) is 2.88. The summed E-state index contributed by atoms with van der Waals surface area (Å²) in [6, 6.07) is 17.1. The Morgan fingerprint density at radius 3 is 2.67 bits per heavy atom. The molecule has 1 heterocycles. The molecule has 2 N–H and O–H groups in total. The third kappa shape index (κ3) is 2.40. The molecule has 0 aliphatic heterocycles. The normalized spacial score (nSPS) is 11.1. The van der Waals surface area contributed by atoms with Gasteiger partial charge in [0.2, 0.25) is 5.91 Å². The molecule has 5 heteroatoms. The number of benzene rings is 3. The second-order valence-electron chi connectivity index (χ2n) is 5.69. The Morgan fingerprint density at radius 2 is 1.88 bits per heavy atom. The minimum Gasteiger partial charge on any atom is -0.324 e. The molecule has 4 rings (SSSR count). The van der Waals surface area contributed by atoms with Gasteiger partial charge in [0.05, 0.1) is 16.9 Å². The van der Waals surface area contributed by atoms with E-state index in [2.05, 4.69) is 15.5 Å². The van der Waals surface area contributed by atoms with Crippen LogP contribution in [0.15, 0.2) is 54.6 Å². The first-order valence-corrected chi connectivity index (χ1v) is 7.56. The third-order valence-corrected chi connectivity index (χ3v) is 3.98. The molecule has 24 heavy (non-hydrogen) atoms. The monoisotopic (exact) mass is 319 g/mol. The van der Waals surface area contributed by atoms with Crippen LogP contribution in [0.3, 0.4) is 0 Å². The van der Waals surface area contributed by atoms with E-state index in [0.29, 0.717) is 5.52 Å². The highest BCUT2D eigenvalue weighted by Crippen LogP contribution is 2.31. The molecule has 0 fully saturated rings. The highest BCUT2D eigenvalue weighted by atomic mass is 19.1. The second kappa shape index (κ2) is 5.45. The van der Waals surface area contributed by atoms with Crippen LogP contribution >= 0.6 is 0 Å². The number of nitrogens with one attached hydrogen (secondary N) is 2. The van der Waals surface area contributed by atoms with Gasteiger partial charge in [-0.15, -0.1) is 0 Å². The first kappa shape index (κ1) is 14.4. The van der Waals surface area contributed by atoms with E-state index in [1.165, 1.54) is 13.0 Å². The topological polar surface area (TPSA) is 57.8 Å². The molecule has 0 atom stereocenters. The van der Waals surface area contributed by atoms with Gasteiger partial charge in [-0.1, -0.05) is 36.4 Å². The van der Waals surface area contributed by atoms with E-state index in [1.54, 1.807) is 6.07 Å². The minimum absolute atomic E-state index is 0.151. The molecule has 0 radical (unpaired) electrons. The summed E-state index contributed by atoms with van der Waals surface area (Å²) >= 11 is 0. The average molecular weight is 319 g/mol. The van der Waals surface area contributed by atoms with Crippen molar-refractivity contribution >= 4 is 33.3 Å². The molecule has 0 aliphatic carbocycles. The summed E-state index contributed by atoms with van der Waals surface area (Å²) in [4.78, 5) is 11.2. The molecule has 0 saturated carbocycles. The minimum atomic E-state index is -0.494. The fourth-order valence-corrected chi connectivity index (χ4v) is 2.88. The smallest absolute Gasteiger partial charge is 0.221 e. The van der Waals surface area contributed by atoms with Gasteiger partial charge in [0.1, 0.15) is 5.82 Å². The summed E-state index contributed by atoms with van der Waals surface area (Å²) in [5, 5.41) is 12.7. The van der Waals surface area contributed by atoms with Gasteiger partial charge < -0.3 is 5.32 Å². The SMILES string of the molecule is CC(=O)Nc1cc2c(-c3ccc4ccccc4c3)n[nH]c2cc1F. The first-order valence-electron chi connectivity index (χ1n) is 7.56. The third-order valence-electron chi connectivity index (χ3n) is 3.98. The van der Waals surface area contributed by atoms with Crippen molar-refractivity contribution in [3.63, 3.8) is 0 Å². The Balaban J connectivity index is 1.90. The van der Waals surface area contributed by atoms with Crippen LogP contribution in [0, 0.1) is 5.82 Å². The van der Waals surface area contributed by atoms with Gasteiger partial charge in [-0.3, -0.25) is 9.89 Å². The van der Waals surface area contributed by atoms with Crippen molar-refractivity contribution in [3.05, 3.63) is 60.4 Å². The lowest BCUT2D eigenvalue weighted by molar-refractivity contribution is -0.114. The molecule has 1 aromatic heterocycles. The zero-order valence-electron chi connectivity index (χ0n) is 12.9. The molecular weight excluding hydrogens is 305 g/mol. The lowest BCUT2D eigenvalue weighted by atomic mass is 10.0. The molecule has 0 unspecified atom stereocenters. The Kier molecular flexibility index (Phi) is 3.27. The van der Waals surface area contributed by atoms with E-state index in [4.69, 9.17) is 0 Å². The number of aromatic amines is 1. The number of hydrogen-bond donors (Lipinski definition) is 2. The Labute approximate surface area is 137 Å². The summed E-state index contributed by atoms with van der Waals surface area (Å²) < 4.78 is 14.0. The van der Waals surface area contributed by atoms with Crippen molar-refractivity contribution in [2.75, 3.05) is 5.32 Å². The molecular formula is C19H14FN3O. The van der Waals surface area contributed by atoms with Crippen LogP contribution in [0.1, 0.15) is 6.92 Å². The maximum absolute atomic E-state index is 14.0. The van der Waals surface area contributed by atoms with E-state index < -0.39 is 5.82 Å². The van der Waals surface area contributed by atoms with Gasteiger partial charge in [0.25, 0.3) is 0 Å². The van der Waals surface area contributed by atoms with Crippen molar-refractivity contribution in [2.45, 2.75) is 6.92 Å². The van der Waals surface area contributed by atoms with E-state index >= 15 is 0 Å². The summed E-state index contributed by atoms with van der Waals surface area (Å²) in [5.41, 5.74) is 2.39. The maximum atomic E-state index is 14.0. The average Bonchev–Trinajstić information content (AvgIpc) is 2.97. The van der Waals surface area contributed by atoms with Gasteiger partial charge in [-0.2, -0.15) is 5.10 Å². The van der Waals surface area contributed by atoms with Crippen LogP contribution in [0.2, 0.25) is 0 Å². The van der Waals surface area contributed by atoms with Crippen LogP contribution in [0.4, 0.5) is 10.1 Å². The van der Waals surface area contributed by atoms with E-state index in [0.717, 1.165) is 27.4 Å². The summed E-state index contributed by atoms with van der Waals surface area (Å²) in [6.07, 6.45) is 0. The Bertz CT molecular complexity index is 1080. The summed E-state index contributed by atoms with van der Waals surface area (Å²) in [6.45, 7) is 1.35. The molecule has 118 valence electrons. The number of nitrogens with zero attached hydrogens (tertiary/aromatic N) is 1. The molecule has 0 aliphatic rings. The van der Waals surface area contributed by atoms with Crippen LogP contribution in [0.5, 0.6) is 0 Å². The number of carbonyl (C=O) groups is 1. The van der Waals surface area contributed by atoms with Crippen molar-refractivity contribution in [1.82, 2.24) is 10.2 Å². The second-order valence-corrected chi connectivity index (χ2v) is 5.69. The van der Waals surface area contributed by atoms with Gasteiger partial charge in [-0.05, 0) is 22.9 Å². The number of H-pyrrole nitrogens is 1. The quantitative estimate of drug-likeness (QED) is 0.572. The molecule has 0 saturated heterocycles. The fraction of sp³-hybridized carbons (Fsp3) is 0.0526. The lowest BCUT2D eigenvalue weighted by Crippen LogP contribution is -2.07. The molecule has 0 bridgehead atoms. The number of amides is 1. The zero-order chi connectivity index (χ0) is 16.7. The molecule has 4 nitrogen and oxygen atoms in total. The first-order chi connectivity index (χ1) is 11.6. The number of carbonyl (C=O) groups excluding carboxylic acids is 1. The van der Waals surface area contributed by atoms with Gasteiger partial charge in [0, 0.05) is 23.9 Å². The van der Waals surface area contributed by atoms with Gasteiger partial charge in [-0.25, -0.2) is 4.39 Å². The number of aromatic nitrogens is 2. The van der Waals surface area contributed by atoms with Crippen molar-refractivity contribution in [3.8, 4) is 11.3 Å². The molecule has 4 aromatic rings. The lowest BCUT2D eigenvalue weighted by Gasteiger charge is -2.05. The Morgan fingerprint density at radius 1 is 1.08 bits per heavy atom. The van der Waals surface area contributed by atoms with Gasteiger partial charge in [0.15, 0.2) is 0 Å². The van der Waals surface area contributed by atoms with Crippen LogP contribution in [0.25, 0.3) is 32.9 Å². The van der Waals surface area contributed by atoms with Crippen LogP contribution in [-0.4, -0.2) is 16.1 Å². The van der Waals surface area contributed by atoms with Crippen molar-refractivity contribution in [2.24, 2.45) is 0 Å². The predicted octanol–water partition coefficient (Wildman–Crippen LogP) is 4.48. The number of fused-ring (bicyclic) bond motifs is 2. The standard InChI is InChI=1S/C19H14FN3O/c1-11(24)21-18-9-15-17(10-16(18)20)22-23-19(15)14-7-6-12-4-2-3-5-13(12)8-14/h2-10H,1H3,(H,21,24)(H,22,23).